The van der Waals surface area contributed by atoms with Crippen LogP contribution in [0.5, 0.6) is 0 Å². The molecule has 0 heterocycles. The lowest BCUT2D eigenvalue weighted by Gasteiger charge is -2.20. The zero-order chi connectivity index (χ0) is 17.3. The van der Waals surface area contributed by atoms with Gasteiger partial charge in [-0.3, -0.25) is 9.59 Å². The Morgan fingerprint density at radius 1 is 1.09 bits per heavy atom. The van der Waals surface area contributed by atoms with Gasteiger partial charge in [0.05, 0.1) is 5.92 Å². The minimum absolute atomic E-state index is 0.0537. The van der Waals surface area contributed by atoms with Gasteiger partial charge in [0.15, 0.2) is 0 Å². The van der Waals surface area contributed by atoms with Crippen LogP contribution >= 0.6 is 0 Å². The largest absolute Gasteiger partial charge is 0.481 e. The smallest absolute Gasteiger partial charge is 0.396 e. The first kappa shape index (κ1) is 19.0. The van der Waals surface area contributed by atoms with Crippen LogP contribution in [0.25, 0.3) is 0 Å². The standard InChI is InChI=1S/C16H20F3NO3/c17-16(18,19)13(12-7-3-1-4-8-12)11-14(21)20-10-6-2-5-9-15(22)23/h1,3-4,7-8,13H,2,5-6,9-11H2,(H,20,21)(H,22,23). The van der Waals surface area contributed by atoms with E-state index in [9.17, 15) is 22.8 Å². The number of halogens is 3. The summed E-state index contributed by atoms with van der Waals surface area (Å²) in [6, 6.07) is 7.35. The van der Waals surface area contributed by atoms with Crippen LogP contribution in [0.3, 0.4) is 0 Å². The molecular weight excluding hydrogens is 311 g/mol. The Morgan fingerprint density at radius 3 is 2.30 bits per heavy atom. The van der Waals surface area contributed by atoms with Crippen LogP contribution in [-0.2, 0) is 9.59 Å². The van der Waals surface area contributed by atoms with Crippen LogP contribution in [0, 0.1) is 0 Å². The number of carboxylic acids is 1. The van der Waals surface area contributed by atoms with Crippen LogP contribution in [0.2, 0.25) is 0 Å². The molecule has 1 aromatic rings. The van der Waals surface area contributed by atoms with Crippen molar-refractivity contribution >= 4 is 11.9 Å². The minimum Gasteiger partial charge on any atom is -0.481 e. The molecule has 1 rings (SSSR count). The average molecular weight is 331 g/mol. The summed E-state index contributed by atoms with van der Waals surface area (Å²) in [5, 5.41) is 10.9. The van der Waals surface area contributed by atoms with E-state index in [4.69, 9.17) is 5.11 Å². The molecule has 0 aliphatic carbocycles. The van der Waals surface area contributed by atoms with Gasteiger partial charge in [-0.1, -0.05) is 36.8 Å². The Bertz CT molecular complexity index is 503. The highest BCUT2D eigenvalue weighted by atomic mass is 19.4. The predicted molar refractivity (Wildman–Crippen MR) is 79.0 cm³/mol. The van der Waals surface area contributed by atoms with Gasteiger partial charge in [0.1, 0.15) is 0 Å². The van der Waals surface area contributed by atoms with Gasteiger partial charge >= 0.3 is 12.1 Å². The van der Waals surface area contributed by atoms with Crippen molar-refractivity contribution in [2.24, 2.45) is 0 Å². The number of carbonyl (C=O) groups is 2. The first-order chi connectivity index (χ1) is 10.8. The zero-order valence-electron chi connectivity index (χ0n) is 12.6. The summed E-state index contributed by atoms with van der Waals surface area (Å²) < 4.78 is 39.3. The number of amides is 1. The molecule has 1 unspecified atom stereocenters. The van der Waals surface area contributed by atoms with Crippen molar-refractivity contribution in [1.29, 1.82) is 0 Å². The molecule has 0 fully saturated rings. The van der Waals surface area contributed by atoms with Gasteiger partial charge < -0.3 is 10.4 Å². The number of nitrogens with one attached hydrogen (secondary N) is 1. The average Bonchev–Trinajstić information content (AvgIpc) is 2.48. The van der Waals surface area contributed by atoms with E-state index in [0.29, 0.717) is 19.3 Å². The predicted octanol–water partition coefficient (Wildman–Crippen LogP) is 3.48. The number of rotatable bonds is 9. The summed E-state index contributed by atoms with van der Waals surface area (Å²) in [5.41, 5.74) is 0.0663. The van der Waals surface area contributed by atoms with Crippen LogP contribution < -0.4 is 5.32 Å². The van der Waals surface area contributed by atoms with Gasteiger partial charge in [0, 0.05) is 19.4 Å². The summed E-state index contributed by atoms with van der Waals surface area (Å²) in [6.07, 6.45) is -3.45. The van der Waals surface area contributed by atoms with Gasteiger partial charge in [0.2, 0.25) is 5.91 Å². The number of aliphatic carboxylic acids is 1. The number of carboxylic acid groups (broad SMARTS) is 1. The summed E-state index contributed by atoms with van der Waals surface area (Å²) in [7, 11) is 0. The maximum Gasteiger partial charge on any atom is 0.396 e. The third-order valence-electron chi connectivity index (χ3n) is 3.38. The maximum atomic E-state index is 13.1. The fourth-order valence-electron chi connectivity index (χ4n) is 2.17. The number of benzene rings is 1. The van der Waals surface area contributed by atoms with E-state index in [1.165, 1.54) is 24.3 Å². The summed E-state index contributed by atoms with van der Waals surface area (Å²) in [5.74, 6) is -3.37. The molecule has 0 saturated heterocycles. The van der Waals surface area contributed by atoms with Crippen molar-refractivity contribution in [3.63, 3.8) is 0 Å². The summed E-state index contributed by atoms with van der Waals surface area (Å²) >= 11 is 0. The third-order valence-corrected chi connectivity index (χ3v) is 3.38. The fraction of sp³-hybridized carbons (Fsp3) is 0.500. The Balaban J connectivity index is 2.42. The van der Waals surface area contributed by atoms with Crippen LogP contribution in [0.1, 0.15) is 43.6 Å². The van der Waals surface area contributed by atoms with Crippen LogP contribution in [-0.4, -0.2) is 29.7 Å². The molecular formula is C16H20F3NO3. The van der Waals surface area contributed by atoms with Gasteiger partial charge in [-0.2, -0.15) is 13.2 Å². The SMILES string of the molecule is O=C(O)CCCCCNC(=O)CC(c1ccccc1)C(F)(F)F. The monoisotopic (exact) mass is 331 g/mol. The van der Waals surface area contributed by atoms with Crippen molar-refractivity contribution in [1.82, 2.24) is 5.32 Å². The molecule has 1 atom stereocenters. The second-order valence-electron chi connectivity index (χ2n) is 5.26. The van der Waals surface area contributed by atoms with E-state index >= 15 is 0 Å². The van der Waals surface area contributed by atoms with Crippen LogP contribution in [0.15, 0.2) is 30.3 Å². The van der Waals surface area contributed by atoms with Crippen molar-refractivity contribution in [3.05, 3.63) is 35.9 Å². The molecule has 0 spiro atoms. The maximum absolute atomic E-state index is 13.1. The zero-order valence-corrected chi connectivity index (χ0v) is 12.6. The molecule has 0 radical (unpaired) electrons. The molecule has 0 bridgehead atoms. The number of hydrogen-bond donors (Lipinski definition) is 2. The van der Waals surface area contributed by atoms with Gasteiger partial charge in [-0.05, 0) is 18.4 Å². The molecule has 4 nitrogen and oxygen atoms in total. The summed E-state index contributed by atoms with van der Waals surface area (Å²) in [6.45, 7) is 0.248. The minimum atomic E-state index is -4.49. The van der Waals surface area contributed by atoms with E-state index in [0.717, 1.165) is 0 Å². The molecule has 7 heteroatoms. The fourth-order valence-corrected chi connectivity index (χ4v) is 2.17. The lowest BCUT2D eigenvalue weighted by atomic mass is 9.95. The second kappa shape index (κ2) is 9.17. The van der Waals surface area contributed by atoms with Gasteiger partial charge in [-0.15, -0.1) is 0 Å². The Labute approximate surface area is 132 Å². The molecule has 1 amide bonds. The molecule has 128 valence electrons. The number of unbranched alkanes of at least 4 members (excludes halogenated alkanes) is 2. The van der Waals surface area contributed by atoms with Gasteiger partial charge in [-0.25, -0.2) is 0 Å². The van der Waals surface area contributed by atoms with E-state index in [2.05, 4.69) is 5.32 Å². The van der Waals surface area contributed by atoms with Crippen molar-refractivity contribution < 1.29 is 27.9 Å². The van der Waals surface area contributed by atoms with Crippen LogP contribution in [0.4, 0.5) is 13.2 Å². The molecule has 0 aliphatic rings. The van der Waals surface area contributed by atoms with E-state index in [1.807, 2.05) is 0 Å². The first-order valence-corrected chi connectivity index (χ1v) is 7.41. The van der Waals surface area contributed by atoms with E-state index in [-0.39, 0.29) is 18.5 Å². The molecule has 0 aromatic heterocycles. The third kappa shape index (κ3) is 7.67. The quantitative estimate of drug-likeness (QED) is 0.681. The normalized spacial score (nSPS) is 12.7. The number of alkyl halides is 3. The lowest BCUT2D eigenvalue weighted by Crippen LogP contribution is -2.31. The Morgan fingerprint density at radius 2 is 1.74 bits per heavy atom. The molecule has 1 aromatic carbocycles. The number of carbonyl (C=O) groups excluding carboxylic acids is 1. The lowest BCUT2D eigenvalue weighted by molar-refractivity contribution is -0.157. The molecule has 0 aliphatic heterocycles. The van der Waals surface area contributed by atoms with Crippen molar-refractivity contribution in [3.8, 4) is 0 Å². The highest BCUT2D eigenvalue weighted by Gasteiger charge is 2.41. The van der Waals surface area contributed by atoms with Crippen molar-refractivity contribution in [2.45, 2.75) is 44.2 Å². The van der Waals surface area contributed by atoms with Gasteiger partial charge in [0.25, 0.3) is 0 Å². The highest BCUT2D eigenvalue weighted by molar-refractivity contribution is 5.77. The second-order valence-corrected chi connectivity index (χ2v) is 5.26. The molecule has 23 heavy (non-hydrogen) atoms. The topological polar surface area (TPSA) is 66.4 Å². The summed E-state index contributed by atoms with van der Waals surface area (Å²) in [4.78, 5) is 22.0. The van der Waals surface area contributed by atoms with E-state index < -0.39 is 30.4 Å². The molecule has 0 saturated carbocycles. The first-order valence-electron chi connectivity index (χ1n) is 7.41. The van der Waals surface area contributed by atoms with Crippen molar-refractivity contribution in [2.75, 3.05) is 6.54 Å². The Hall–Kier alpha value is -2.05. The molecule has 2 N–H and O–H groups in total. The Kier molecular flexibility index (Phi) is 7.57. The number of hydrogen-bond acceptors (Lipinski definition) is 2. The highest BCUT2D eigenvalue weighted by Crippen LogP contribution is 2.37. The van der Waals surface area contributed by atoms with E-state index in [1.54, 1.807) is 6.07 Å².